The summed E-state index contributed by atoms with van der Waals surface area (Å²) in [5, 5.41) is 14.2. The smallest absolute Gasteiger partial charge is 0.258 e. The van der Waals surface area contributed by atoms with Gasteiger partial charge in [-0.1, -0.05) is 37.2 Å². The van der Waals surface area contributed by atoms with Crippen LogP contribution in [0.3, 0.4) is 0 Å². The first-order valence-corrected chi connectivity index (χ1v) is 5.99. The van der Waals surface area contributed by atoms with E-state index in [0.29, 0.717) is 5.75 Å². The molecule has 6 nitrogen and oxygen atoms in total. The third kappa shape index (κ3) is 4.87. The zero-order valence-electron chi connectivity index (χ0n) is 11.0. The molecule has 0 saturated heterocycles. The predicted molar refractivity (Wildman–Crippen MR) is 72.1 cm³/mol. The largest absolute Gasteiger partial charge is 0.484 e. The first-order valence-electron chi connectivity index (χ1n) is 5.99. The van der Waals surface area contributed by atoms with Crippen LogP contribution in [0.5, 0.6) is 5.75 Å². The second-order valence-electron chi connectivity index (χ2n) is 4.42. The number of amidine groups is 1. The maximum absolute atomic E-state index is 11.7. The van der Waals surface area contributed by atoms with Gasteiger partial charge in [-0.2, -0.15) is 0 Å². The van der Waals surface area contributed by atoms with Crippen LogP contribution in [0.15, 0.2) is 35.5 Å². The molecular weight excluding hydrogens is 246 g/mol. The van der Waals surface area contributed by atoms with Crippen molar-refractivity contribution < 1.29 is 14.7 Å². The SMILES string of the molecule is CC(C)C(NC(=O)COc1ccccc1)C(N)=NO. The molecule has 1 atom stereocenters. The molecule has 1 amide bonds. The Morgan fingerprint density at radius 2 is 2.05 bits per heavy atom. The minimum absolute atomic E-state index is 0.0107. The number of carbonyl (C=O) groups is 1. The van der Waals surface area contributed by atoms with Gasteiger partial charge in [0.15, 0.2) is 12.4 Å². The molecule has 0 aromatic heterocycles. The van der Waals surface area contributed by atoms with Crippen molar-refractivity contribution in [2.45, 2.75) is 19.9 Å². The number of hydrogen-bond donors (Lipinski definition) is 3. The summed E-state index contributed by atoms with van der Waals surface area (Å²) in [4.78, 5) is 11.7. The fourth-order valence-electron chi connectivity index (χ4n) is 1.53. The topological polar surface area (TPSA) is 96.9 Å². The third-order valence-corrected chi connectivity index (χ3v) is 2.53. The molecule has 0 aliphatic carbocycles. The number of carbonyl (C=O) groups excluding carboxylic acids is 1. The average molecular weight is 265 g/mol. The summed E-state index contributed by atoms with van der Waals surface area (Å²) < 4.78 is 5.31. The summed E-state index contributed by atoms with van der Waals surface area (Å²) in [5.41, 5.74) is 5.52. The molecule has 0 heterocycles. The molecule has 0 bridgehead atoms. The number of rotatable bonds is 6. The highest BCUT2D eigenvalue weighted by Crippen LogP contribution is 2.08. The van der Waals surface area contributed by atoms with E-state index in [-0.39, 0.29) is 24.3 Å². The molecular formula is C13H19N3O3. The van der Waals surface area contributed by atoms with Gasteiger partial charge < -0.3 is 21.0 Å². The number of nitrogens with one attached hydrogen (secondary N) is 1. The summed E-state index contributed by atoms with van der Waals surface area (Å²) in [7, 11) is 0. The lowest BCUT2D eigenvalue weighted by Crippen LogP contribution is -2.49. The molecule has 1 aromatic carbocycles. The van der Waals surface area contributed by atoms with Gasteiger partial charge in [0.1, 0.15) is 5.75 Å². The fraction of sp³-hybridized carbons (Fsp3) is 0.385. The zero-order valence-corrected chi connectivity index (χ0v) is 11.0. The van der Waals surface area contributed by atoms with Crippen molar-refractivity contribution in [1.82, 2.24) is 5.32 Å². The Kier molecular flexibility index (Phi) is 5.66. The van der Waals surface area contributed by atoms with Crippen LogP contribution in [-0.2, 0) is 4.79 Å². The maximum atomic E-state index is 11.7. The average Bonchev–Trinajstić information content (AvgIpc) is 2.42. The molecule has 0 radical (unpaired) electrons. The van der Waals surface area contributed by atoms with Crippen molar-refractivity contribution >= 4 is 11.7 Å². The summed E-state index contributed by atoms with van der Waals surface area (Å²) in [6.45, 7) is 3.61. The van der Waals surface area contributed by atoms with Gasteiger partial charge in [-0.05, 0) is 18.1 Å². The van der Waals surface area contributed by atoms with E-state index in [9.17, 15) is 4.79 Å². The Hall–Kier alpha value is -2.24. The molecule has 0 aliphatic rings. The molecule has 1 rings (SSSR count). The van der Waals surface area contributed by atoms with E-state index >= 15 is 0 Å². The lowest BCUT2D eigenvalue weighted by molar-refractivity contribution is -0.123. The van der Waals surface area contributed by atoms with Crippen LogP contribution in [0.4, 0.5) is 0 Å². The van der Waals surface area contributed by atoms with Crippen LogP contribution in [0.1, 0.15) is 13.8 Å². The first-order chi connectivity index (χ1) is 9.04. The summed E-state index contributed by atoms with van der Waals surface area (Å²) >= 11 is 0. The number of oxime groups is 1. The number of para-hydroxylation sites is 1. The Balaban J connectivity index is 2.50. The molecule has 0 spiro atoms. The van der Waals surface area contributed by atoms with Gasteiger partial charge in [0.2, 0.25) is 0 Å². The molecule has 4 N–H and O–H groups in total. The van der Waals surface area contributed by atoms with Gasteiger partial charge >= 0.3 is 0 Å². The maximum Gasteiger partial charge on any atom is 0.258 e. The molecule has 104 valence electrons. The van der Waals surface area contributed by atoms with Crippen molar-refractivity contribution in [3.63, 3.8) is 0 Å². The summed E-state index contributed by atoms with van der Waals surface area (Å²) in [6, 6.07) is 8.51. The van der Waals surface area contributed by atoms with Crippen LogP contribution in [0.2, 0.25) is 0 Å². The Morgan fingerprint density at radius 3 is 2.58 bits per heavy atom. The lowest BCUT2D eigenvalue weighted by Gasteiger charge is -2.20. The Labute approximate surface area is 112 Å². The van der Waals surface area contributed by atoms with E-state index in [2.05, 4.69) is 10.5 Å². The van der Waals surface area contributed by atoms with Crippen molar-refractivity contribution in [3.8, 4) is 5.75 Å². The number of nitrogens with two attached hydrogens (primary N) is 1. The predicted octanol–water partition coefficient (Wildman–Crippen LogP) is 0.953. The molecule has 1 unspecified atom stereocenters. The molecule has 19 heavy (non-hydrogen) atoms. The first kappa shape index (κ1) is 14.8. The van der Waals surface area contributed by atoms with E-state index < -0.39 is 6.04 Å². The fourth-order valence-corrected chi connectivity index (χ4v) is 1.53. The van der Waals surface area contributed by atoms with Gasteiger partial charge in [0.05, 0.1) is 6.04 Å². The number of benzene rings is 1. The minimum atomic E-state index is -0.517. The van der Waals surface area contributed by atoms with Crippen LogP contribution in [-0.4, -0.2) is 29.6 Å². The quantitative estimate of drug-likeness (QED) is 0.309. The van der Waals surface area contributed by atoms with Crippen molar-refractivity contribution in [2.75, 3.05) is 6.61 Å². The van der Waals surface area contributed by atoms with Crippen LogP contribution in [0.25, 0.3) is 0 Å². The number of ether oxygens (including phenoxy) is 1. The van der Waals surface area contributed by atoms with Gasteiger partial charge in [-0.3, -0.25) is 4.79 Å². The van der Waals surface area contributed by atoms with Crippen molar-refractivity contribution in [3.05, 3.63) is 30.3 Å². The lowest BCUT2D eigenvalue weighted by atomic mass is 10.0. The number of nitrogens with zero attached hydrogens (tertiary/aromatic N) is 1. The number of hydrogen-bond acceptors (Lipinski definition) is 4. The van der Waals surface area contributed by atoms with Gasteiger partial charge in [0.25, 0.3) is 5.91 Å². The highest BCUT2D eigenvalue weighted by Gasteiger charge is 2.20. The van der Waals surface area contributed by atoms with E-state index in [0.717, 1.165) is 0 Å². The Morgan fingerprint density at radius 1 is 1.42 bits per heavy atom. The summed E-state index contributed by atoms with van der Waals surface area (Å²) in [5.74, 6) is 0.274. The van der Waals surface area contributed by atoms with Gasteiger partial charge in [0, 0.05) is 0 Å². The highest BCUT2D eigenvalue weighted by molar-refractivity contribution is 5.90. The standard InChI is InChI=1S/C13H19N3O3/c1-9(2)12(13(14)16-18)15-11(17)8-19-10-6-4-3-5-7-10/h3-7,9,12,18H,8H2,1-2H3,(H2,14,16)(H,15,17). The zero-order chi connectivity index (χ0) is 14.3. The van der Waals surface area contributed by atoms with Crippen LogP contribution < -0.4 is 15.8 Å². The third-order valence-electron chi connectivity index (χ3n) is 2.53. The monoisotopic (exact) mass is 265 g/mol. The van der Waals surface area contributed by atoms with Crippen LogP contribution >= 0.6 is 0 Å². The van der Waals surface area contributed by atoms with E-state index in [1.165, 1.54) is 0 Å². The van der Waals surface area contributed by atoms with Gasteiger partial charge in [-0.25, -0.2) is 0 Å². The van der Waals surface area contributed by atoms with E-state index in [4.69, 9.17) is 15.7 Å². The van der Waals surface area contributed by atoms with Crippen LogP contribution in [0, 0.1) is 5.92 Å². The van der Waals surface area contributed by atoms with E-state index in [1.54, 1.807) is 12.1 Å². The van der Waals surface area contributed by atoms with Crippen molar-refractivity contribution in [2.24, 2.45) is 16.8 Å². The van der Waals surface area contributed by atoms with Gasteiger partial charge in [-0.15, -0.1) is 0 Å². The molecule has 0 aliphatic heterocycles. The van der Waals surface area contributed by atoms with E-state index in [1.807, 2.05) is 32.0 Å². The normalized spacial score (nSPS) is 13.1. The number of amides is 1. The summed E-state index contributed by atoms with van der Waals surface area (Å²) in [6.07, 6.45) is 0. The Bertz CT molecular complexity index is 432. The minimum Gasteiger partial charge on any atom is -0.484 e. The van der Waals surface area contributed by atoms with Crippen molar-refractivity contribution in [1.29, 1.82) is 0 Å². The molecule has 0 fully saturated rings. The second kappa shape index (κ2) is 7.25. The molecule has 6 heteroatoms. The highest BCUT2D eigenvalue weighted by atomic mass is 16.5. The second-order valence-corrected chi connectivity index (χ2v) is 4.42. The molecule has 1 aromatic rings. The molecule has 0 saturated carbocycles.